The molecule has 1 aromatic rings. The summed E-state index contributed by atoms with van der Waals surface area (Å²) in [4.78, 5) is 29.5. The molecule has 0 aromatic heterocycles. The van der Waals surface area contributed by atoms with Gasteiger partial charge >= 0.3 is 5.97 Å². The van der Waals surface area contributed by atoms with Crippen molar-refractivity contribution < 1.29 is 24.6 Å². The third-order valence-corrected chi connectivity index (χ3v) is 3.87. The van der Waals surface area contributed by atoms with Crippen LogP contribution in [0.5, 0.6) is 0 Å². The molecule has 0 saturated heterocycles. The van der Waals surface area contributed by atoms with E-state index in [2.05, 4.69) is 26.8 Å². The van der Waals surface area contributed by atoms with E-state index in [1.807, 2.05) is 25.1 Å². The van der Waals surface area contributed by atoms with Crippen LogP contribution in [0.3, 0.4) is 0 Å². The molecule has 0 spiro atoms. The van der Waals surface area contributed by atoms with E-state index in [4.69, 9.17) is 15.0 Å². The zero-order valence-electron chi connectivity index (χ0n) is 17.6. The molecular weight excluding hydrogens is 356 g/mol. The van der Waals surface area contributed by atoms with Crippen molar-refractivity contribution in [3.8, 4) is 0 Å². The first-order chi connectivity index (χ1) is 13.3. The monoisotopic (exact) mass is 392 g/mol. The van der Waals surface area contributed by atoms with Crippen molar-refractivity contribution in [1.82, 2.24) is 0 Å². The van der Waals surface area contributed by atoms with Gasteiger partial charge in [-0.15, -0.1) is 0 Å². The normalized spacial score (nSPS) is 11.5. The molecule has 1 rings (SSSR count). The van der Waals surface area contributed by atoms with Crippen LogP contribution in [0.2, 0.25) is 0 Å². The second-order valence-corrected chi connectivity index (χ2v) is 7.09. The summed E-state index contributed by atoms with van der Waals surface area (Å²) in [5.41, 5.74) is 2.14. The molecule has 0 aliphatic rings. The van der Waals surface area contributed by atoms with Gasteiger partial charge in [-0.2, -0.15) is 0 Å². The van der Waals surface area contributed by atoms with Crippen molar-refractivity contribution in [1.29, 1.82) is 0 Å². The fraction of sp³-hybridized carbons (Fsp3) is 0.522. The number of carboxylic acid groups (broad SMARTS) is 1. The van der Waals surface area contributed by atoms with Crippen LogP contribution in [0.1, 0.15) is 70.2 Å². The Bertz CT molecular complexity index is 547. The number of rotatable bonds is 10. The molecular formula is C23H36O5. The third kappa shape index (κ3) is 21.8. The minimum Gasteiger partial charge on any atom is -0.480 e. The fourth-order valence-electron chi connectivity index (χ4n) is 2.19. The number of aliphatic hydroxyl groups is 1. The molecule has 5 nitrogen and oxygen atoms in total. The first-order valence-corrected chi connectivity index (χ1v) is 9.68. The first kappa shape index (κ1) is 27.9. The summed E-state index contributed by atoms with van der Waals surface area (Å²) in [7, 11) is 0. The average Bonchev–Trinajstić information content (AvgIpc) is 2.69. The summed E-state index contributed by atoms with van der Waals surface area (Å²) in [6.45, 7) is 7.83. The molecule has 5 heteroatoms. The smallest absolute Gasteiger partial charge is 0.329 e. The van der Waals surface area contributed by atoms with Gasteiger partial charge in [0, 0.05) is 11.5 Å². The van der Waals surface area contributed by atoms with E-state index in [9.17, 15) is 9.59 Å². The van der Waals surface area contributed by atoms with Gasteiger partial charge in [0.1, 0.15) is 19.2 Å². The lowest BCUT2D eigenvalue weighted by molar-refractivity contribution is -0.140. The van der Waals surface area contributed by atoms with E-state index < -0.39 is 12.6 Å². The molecule has 2 atom stereocenters. The van der Waals surface area contributed by atoms with Crippen LogP contribution in [-0.4, -0.2) is 35.4 Å². The van der Waals surface area contributed by atoms with E-state index in [0.29, 0.717) is 0 Å². The topological polar surface area (TPSA) is 91.7 Å². The number of carbonyl (C=O) groups excluding carboxylic acids is 2. The van der Waals surface area contributed by atoms with Gasteiger partial charge in [0.2, 0.25) is 0 Å². The molecule has 0 saturated carbocycles. The number of allylic oxidation sites excluding steroid dienone is 2. The third-order valence-electron chi connectivity index (χ3n) is 3.87. The maximum Gasteiger partial charge on any atom is 0.329 e. The lowest BCUT2D eigenvalue weighted by atomic mass is 9.95. The molecule has 0 aliphatic heterocycles. The number of benzene rings is 1. The van der Waals surface area contributed by atoms with E-state index in [1.165, 1.54) is 31.3 Å². The van der Waals surface area contributed by atoms with Gasteiger partial charge in [-0.1, -0.05) is 68.7 Å². The van der Waals surface area contributed by atoms with Gasteiger partial charge in [-0.05, 0) is 39.0 Å². The van der Waals surface area contributed by atoms with Crippen LogP contribution in [0.4, 0.5) is 0 Å². The quantitative estimate of drug-likeness (QED) is 0.435. The number of carbonyl (C=O) groups is 3. The Morgan fingerprint density at radius 2 is 1.61 bits per heavy atom. The summed E-state index contributed by atoms with van der Waals surface area (Å²) in [5, 5.41) is 15.0. The Kier molecular flexibility index (Phi) is 19.5. The largest absolute Gasteiger partial charge is 0.480 e. The lowest BCUT2D eigenvalue weighted by Crippen LogP contribution is -1.99. The predicted molar refractivity (Wildman–Crippen MR) is 113 cm³/mol. The molecule has 158 valence electrons. The number of aldehydes is 2. The van der Waals surface area contributed by atoms with Gasteiger partial charge in [0.15, 0.2) is 0 Å². The molecule has 0 heterocycles. The highest BCUT2D eigenvalue weighted by atomic mass is 16.4. The van der Waals surface area contributed by atoms with Crippen molar-refractivity contribution >= 4 is 18.5 Å². The SMILES string of the molecule is CC(C)=CCCC(C)CCCC(C)C=O.O=C(O)CO.O=Cc1ccccc1. The highest BCUT2D eigenvalue weighted by Gasteiger charge is 2.03. The van der Waals surface area contributed by atoms with Gasteiger partial charge in [0.25, 0.3) is 0 Å². The zero-order chi connectivity index (χ0) is 21.8. The zero-order valence-corrected chi connectivity index (χ0v) is 17.6. The number of hydrogen-bond donors (Lipinski definition) is 2. The highest BCUT2D eigenvalue weighted by molar-refractivity contribution is 5.74. The predicted octanol–water partition coefficient (Wildman–Crippen LogP) is 4.94. The summed E-state index contributed by atoms with van der Waals surface area (Å²) < 4.78 is 0. The summed E-state index contributed by atoms with van der Waals surface area (Å²) in [6.07, 6.45) is 10.2. The van der Waals surface area contributed by atoms with Crippen molar-refractivity contribution in [3.63, 3.8) is 0 Å². The van der Waals surface area contributed by atoms with Crippen LogP contribution in [0, 0.1) is 11.8 Å². The number of hydrogen-bond acceptors (Lipinski definition) is 4. The Hall–Kier alpha value is -2.27. The molecule has 0 amide bonds. The van der Waals surface area contributed by atoms with Crippen molar-refractivity contribution in [2.45, 2.75) is 59.8 Å². The summed E-state index contributed by atoms with van der Waals surface area (Å²) in [5.74, 6) is -0.153. The van der Waals surface area contributed by atoms with Gasteiger partial charge in [0.05, 0.1) is 0 Å². The highest BCUT2D eigenvalue weighted by Crippen LogP contribution is 2.16. The average molecular weight is 393 g/mol. The van der Waals surface area contributed by atoms with Crippen molar-refractivity contribution in [2.24, 2.45) is 11.8 Å². The van der Waals surface area contributed by atoms with Crippen LogP contribution in [0.15, 0.2) is 42.0 Å². The maximum absolute atomic E-state index is 10.4. The Labute approximate surface area is 169 Å². The van der Waals surface area contributed by atoms with E-state index in [-0.39, 0.29) is 5.92 Å². The Morgan fingerprint density at radius 3 is 2.00 bits per heavy atom. The van der Waals surface area contributed by atoms with Crippen LogP contribution in [0.25, 0.3) is 0 Å². The minimum absolute atomic E-state index is 0.245. The van der Waals surface area contributed by atoms with Crippen LogP contribution >= 0.6 is 0 Å². The van der Waals surface area contributed by atoms with Crippen molar-refractivity contribution in [3.05, 3.63) is 47.5 Å². The second-order valence-electron chi connectivity index (χ2n) is 7.09. The minimum atomic E-state index is -1.19. The maximum atomic E-state index is 10.4. The fourth-order valence-corrected chi connectivity index (χ4v) is 2.19. The molecule has 1 aromatic carbocycles. The number of carboxylic acids is 1. The van der Waals surface area contributed by atoms with Crippen molar-refractivity contribution in [2.75, 3.05) is 6.61 Å². The molecule has 28 heavy (non-hydrogen) atoms. The summed E-state index contributed by atoms with van der Waals surface area (Å²) >= 11 is 0. The number of aliphatic carboxylic acids is 1. The lowest BCUT2D eigenvalue weighted by Gasteiger charge is -2.10. The summed E-state index contributed by atoms with van der Waals surface area (Å²) in [6, 6.07) is 9.10. The van der Waals surface area contributed by atoms with Crippen LogP contribution in [-0.2, 0) is 9.59 Å². The molecule has 0 bridgehead atoms. The van der Waals surface area contributed by atoms with E-state index in [0.717, 1.165) is 30.5 Å². The molecule has 2 unspecified atom stereocenters. The number of aliphatic hydroxyl groups excluding tert-OH is 1. The molecule has 0 aliphatic carbocycles. The Balaban J connectivity index is 0. The molecule has 0 radical (unpaired) electrons. The first-order valence-electron chi connectivity index (χ1n) is 9.68. The molecule has 2 N–H and O–H groups in total. The van der Waals surface area contributed by atoms with E-state index in [1.54, 1.807) is 12.1 Å². The standard InChI is InChI=1S/C14H26O.C7H6O.C2H4O3/c1-12(2)7-5-8-13(3)9-6-10-14(4)11-15;8-6-7-4-2-1-3-5-7;3-1-2(4)5/h7,11,13-14H,5-6,8-10H2,1-4H3;1-6H;3H,1H2,(H,4,5). The van der Waals surface area contributed by atoms with Gasteiger partial charge < -0.3 is 15.0 Å². The van der Waals surface area contributed by atoms with Gasteiger partial charge in [-0.25, -0.2) is 4.79 Å². The second kappa shape index (κ2) is 19.5. The van der Waals surface area contributed by atoms with E-state index >= 15 is 0 Å². The molecule has 0 fully saturated rings. The van der Waals surface area contributed by atoms with Gasteiger partial charge in [-0.3, -0.25) is 4.79 Å². The van der Waals surface area contributed by atoms with Crippen LogP contribution < -0.4 is 0 Å². The Morgan fingerprint density at radius 1 is 1.04 bits per heavy atom.